The van der Waals surface area contributed by atoms with Crippen LogP contribution in [0.2, 0.25) is 0 Å². The van der Waals surface area contributed by atoms with Crippen molar-refractivity contribution in [3.05, 3.63) is 94.5 Å². The molecule has 3 aromatic carbocycles. The number of anilines is 2. The number of hydrogen-bond donors (Lipinski definition) is 3. The molecule has 2 aliphatic rings. The zero-order chi connectivity index (χ0) is 25.1. The average molecular weight is 504 g/mol. The van der Waals surface area contributed by atoms with E-state index in [0.717, 1.165) is 35.5 Å². The minimum absolute atomic E-state index is 0.135. The number of nitrogens with one attached hydrogen (secondary N) is 3. The first-order valence-electron chi connectivity index (χ1n) is 11.8. The number of fused-ring (bicyclic) bond motifs is 1. The number of hydrogen-bond acceptors (Lipinski definition) is 4. The summed E-state index contributed by atoms with van der Waals surface area (Å²) in [5.41, 5.74) is 5.64. The number of halogens is 1. The Balaban J connectivity index is 1.19. The number of urea groups is 1. The van der Waals surface area contributed by atoms with E-state index in [1.165, 1.54) is 5.56 Å². The number of carbonyl (C=O) groups is 3. The van der Waals surface area contributed by atoms with Crippen LogP contribution in [0.25, 0.3) is 0 Å². The molecule has 2 aliphatic heterocycles. The fraction of sp³-hybridized carbons (Fsp3) is 0.222. The van der Waals surface area contributed by atoms with Gasteiger partial charge in [0.25, 0.3) is 11.8 Å². The number of rotatable bonds is 6. The van der Waals surface area contributed by atoms with Crippen molar-refractivity contribution >= 4 is 41.0 Å². The lowest BCUT2D eigenvalue weighted by atomic mass is 10.0. The van der Waals surface area contributed by atoms with E-state index in [1.807, 2.05) is 24.3 Å². The lowest BCUT2D eigenvalue weighted by molar-refractivity contribution is 0.0950. The highest BCUT2D eigenvalue weighted by molar-refractivity contribution is 6.13. The predicted octanol–water partition coefficient (Wildman–Crippen LogP) is 3.91. The second kappa shape index (κ2) is 10.4. The molecule has 4 amide bonds. The molecule has 0 aromatic heterocycles. The Morgan fingerprint density at radius 1 is 0.917 bits per heavy atom. The molecule has 0 radical (unpaired) electrons. The van der Waals surface area contributed by atoms with Gasteiger partial charge in [0, 0.05) is 55.2 Å². The van der Waals surface area contributed by atoms with Crippen LogP contribution >= 0.6 is 11.8 Å². The van der Waals surface area contributed by atoms with Gasteiger partial charge in [-0.3, -0.25) is 14.5 Å². The van der Waals surface area contributed by atoms with E-state index in [9.17, 15) is 14.4 Å². The molecule has 1 fully saturated rings. The van der Waals surface area contributed by atoms with Crippen molar-refractivity contribution in [2.45, 2.75) is 19.5 Å². The van der Waals surface area contributed by atoms with Gasteiger partial charge in [-0.25, -0.2) is 9.21 Å². The lowest BCUT2D eigenvalue weighted by Crippen LogP contribution is -2.28. The summed E-state index contributed by atoms with van der Waals surface area (Å²) in [5, 5.41) is 8.59. The minimum Gasteiger partial charge on any atom is -0.348 e. The first-order valence-corrected chi connectivity index (χ1v) is 12.2. The van der Waals surface area contributed by atoms with Crippen LogP contribution in [0.5, 0.6) is 0 Å². The third-order valence-corrected chi connectivity index (χ3v) is 6.66. The molecule has 0 aliphatic carbocycles. The molecular formula is C27H26ClN5O3. The molecule has 3 aromatic rings. The molecule has 184 valence electrons. The Morgan fingerprint density at radius 2 is 1.75 bits per heavy atom. The highest BCUT2D eigenvalue weighted by atomic mass is 35.5. The molecule has 0 unspecified atom stereocenters. The fourth-order valence-electron chi connectivity index (χ4n) is 4.42. The topological polar surface area (TPSA) is 93.8 Å². The Kier molecular flexibility index (Phi) is 6.88. The molecule has 5 rings (SSSR count). The van der Waals surface area contributed by atoms with Gasteiger partial charge in [0.1, 0.15) is 0 Å². The van der Waals surface area contributed by atoms with Gasteiger partial charge in [0.05, 0.1) is 0 Å². The number of nitrogens with zero attached hydrogens (tertiary/aromatic N) is 2. The summed E-state index contributed by atoms with van der Waals surface area (Å²) >= 11 is 6.15. The highest BCUT2D eigenvalue weighted by Gasteiger charge is 2.21. The zero-order valence-corrected chi connectivity index (χ0v) is 20.3. The molecule has 0 bridgehead atoms. The highest BCUT2D eigenvalue weighted by Crippen LogP contribution is 2.24. The summed E-state index contributed by atoms with van der Waals surface area (Å²) in [6, 6.07) is 19.9. The molecule has 3 N–H and O–H groups in total. The summed E-state index contributed by atoms with van der Waals surface area (Å²) in [5.74, 6) is -0.451. The molecule has 0 spiro atoms. The maximum atomic E-state index is 12.9. The fourth-order valence-corrected chi connectivity index (χ4v) is 4.63. The average Bonchev–Trinajstić information content (AvgIpc) is 3.33. The van der Waals surface area contributed by atoms with Crippen molar-refractivity contribution in [2.75, 3.05) is 29.9 Å². The summed E-state index contributed by atoms with van der Waals surface area (Å²) in [7, 11) is 0. The van der Waals surface area contributed by atoms with Crippen molar-refractivity contribution in [3.8, 4) is 0 Å². The van der Waals surface area contributed by atoms with E-state index >= 15 is 0 Å². The molecule has 9 heteroatoms. The quantitative estimate of drug-likeness (QED) is 0.445. The van der Waals surface area contributed by atoms with Gasteiger partial charge < -0.3 is 16.0 Å². The minimum atomic E-state index is -0.232. The molecule has 1 saturated heterocycles. The molecule has 36 heavy (non-hydrogen) atoms. The van der Waals surface area contributed by atoms with Crippen molar-refractivity contribution in [3.63, 3.8) is 0 Å². The summed E-state index contributed by atoms with van der Waals surface area (Å²) in [6.45, 7) is 2.95. The van der Waals surface area contributed by atoms with E-state index in [4.69, 9.17) is 11.8 Å². The van der Waals surface area contributed by atoms with Gasteiger partial charge in [0.2, 0.25) is 0 Å². The SMILES string of the molecule is O=C(NCc1cccc(C(=O)Nc2ccc3c(c2)CN(Cl)CC3)c1)c1ccc(N2CCNC2=O)cc1. The van der Waals surface area contributed by atoms with Crippen LogP contribution in [-0.2, 0) is 19.5 Å². The van der Waals surface area contributed by atoms with E-state index in [0.29, 0.717) is 30.8 Å². The number of benzene rings is 3. The standard InChI is InChI=1S/C27H26ClN5O3/c28-32-12-10-19-4-7-23(15-22(19)17-32)31-26(35)21-3-1-2-18(14-21)16-30-25(34)20-5-8-24(9-6-20)33-13-11-29-27(33)36/h1-9,14-15H,10-13,16-17H2,(H,29,36)(H,30,34)(H,31,35). The Bertz CT molecular complexity index is 1310. The van der Waals surface area contributed by atoms with Gasteiger partial charge in [-0.2, -0.15) is 0 Å². The zero-order valence-electron chi connectivity index (χ0n) is 19.6. The number of carbonyl (C=O) groups excluding carboxylic acids is 3. The van der Waals surface area contributed by atoms with Crippen LogP contribution in [-0.4, -0.2) is 41.9 Å². The Labute approximate surface area is 214 Å². The van der Waals surface area contributed by atoms with Crippen molar-refractivity contribution in [1.82, 2.24) is 15.1 Å². The van der Waals surface area contributed by atoms with Crippen molar-refractivity contribution < 1.29 is 14.4 Å². The van der Waals surface area contributed by atoms with E-state index < -0.39 is 0 Å². The normalized spacial score (nSPS) is 15.2. The van der Waals surface area contributed by atoms with Gasteiger partial charge in [-0.15, -0.1) is 0 Å². The smallest absolute Gasteiger partial charge is 0.321 e. The maximum absolute atomic E-state index is 12.9. The summed E-state index contributed by atoms with van der Waals surface area (Å²) in [4.78, 5) is 38.9. The summed E-state index contributed by atoms with van der Waals surface area (Å²) < 4.78 is 1.74. The molecule has 2 heterocycles. The van der Waals surface area contributed by atoms with Crippen LogP contribution in [0, 0.1) is 0 Å². The first kappa shape index (κ1) is 23.8. The summed E-state index contributed by atoms with van der Waals surface area (Å²) in [6.07, 6.45) is 0.889. The van der Waals surface area contributed by atoms with Crippen LogP contribution in [0.4, 0.5) is 16.2 Å². The van der Waals surface area contributed by atoms with E-state index in [1.54, 1.807) is 51.8 Å². The van der Waals surface area contributed by atoms with Crippen molar-refractivity contribution in [2.24, 2.45) is 0 Å². The monoisotopic (exact) mass is 503 g/mol. The first-order chi connectivity index (χ1) is 17.5. The maximum Gasteiger partial charge on any atom is 0.321 e. The largest absolute Gasteiger partial charge is 0.348 e. The second-order valence-corrected chi connectivity index (χ2v) is 9.32. The van der Waals surface area contributed by atoms with Crippen LogP contribution in [0.1, 0.15) is 37.4 Å². The third kappa shape index (κ3) is 5.35. The Hall–Kier alpha value is -3.88. The van der Waals surface area contributed by atoms with E-state index in [-0.39, 0.29) is 24.4 Å². The lowest BCUT2D eigenvalue weighted by Gasteiger charge is -2.23. The molecule has 0 atom stereocenters. The number of amides is 4. The third-order valence-electron chi connectivity index (χ3n) is 6.37. The van der Waals surface area contributed by atoms with Crippen LogP contribution < -0.4 is 20.9 Å². The van der Waals surface area contributed by atoms with Gasteiger partial charge in [-0.1, -0.05) is 18.2 Å². The molecule has 8 nitrogen and oxygen atoms in total. The van der Waals surface area contributed by atoms with Gasteiger partial charge >= 0.3 is 6.03 Å². The second-order valence-electron chi connectivity index (χ2n) is 8.85. The van der Waals surface area contributed by atoms with Gasteiger partial charge in [-0.05, 0) is 83.4 Å². The van der Waals surface area contributed by atoms with E-state index in [2.05, 4.69) is 16.0 Å². The van der Waals surface area contributed by atoms with Crippen molar-refractivity contribution in [1.29, 1.82) is 0 Å². The Morgan fingerprint density at radius 3 is 2.53 bits per heavy atom. The van der Waals surface area contributed by atoms with Gasteiger partial charge in [0.15, 0.2) is 0 Å². The van der Waals surface area contributed by atoms with Crippen LogP contribution in [0.15, 0.2) is 66.7 Å². The van der Waals surface area contributed by atoms with Crippen LogP contribution in [0.3, 0.4) is 0 Å². The predicted molar refractivity (Wildman–Crippen MR) is 139 cm³/mol. The molecular weight excluding hydrogens is 478 g/mol. The molecule has 0 saturated carbocycles.